The van der Waals surface area contributed by atoms with Gasteiger partial charge < -0.3 is 15.0 Å². The Morgan fingerprint density at radius 3 is 2.52 bits per heavy atom. The molecule has 2 aliphatic rings. The van der Waals surface area contributed by atoms with E-state index in [1.54, 1.807) is 17.0 Å². The summed E-state index contributed by atoms with van der Waals surface area (Å²) in [6.07, 6.45) is 3.70. The molecule has 2 saturated heterocycles. The molecule has 0 saturated carbocycles. The Morgan fingerprint density at radius 1 is 1.19 bits per heavy atom. The molecule has 2 aliphatic heterocycles. The highest BCUT2D eigenvalue weighted by atomic mass is 35.5. The van der Waals surface area contributed by atoms with Gasteiger partial charge in [-0.2, -0.15) is 4.31 Å². The second kappa shape index (κ2) is 9.23. The number of sulfonamides is 1. The molecule has 0 radical (unpaired) electrons. The number of likely N-dealkylation sites (N-methyl/N-ethyl adjacent to an activating group) is 1. The van der Waals surface area contributed by atoms with E-state index in [2.05, 4.69) is 5.32 Å². The minimum Gasteiger partial charge on any atom is -0.495 e. The summed E-state index contributed by atoms with van der Waals surface area (Å²) in [5, 5.41) is 3.21. The number of benzene rings is 1. The zero-order chi connectivity index (χ0) is 18.7. The maximum Gasteiger partial charge on any atom is 0.253 e. The molecule has 1 atom stereocenters. The van der Waals surface area contributed by atoms with Crippen molar-refractivity contribution in [1.82, 2.24) is 14.5 Å². The summed E-state index contributed by atoms with van der Waals surface area (Å²) in [4.78, 5) is 14.8. The number of nitrogens with one attached hydrogen (secondary N) is 1. The largest absolute Gasteiger partial charge is 0.495 e. The number of hydrogen-bond donors (Lipinski definition) is 1. The highest BCUT2D eigenvalue weighted by Crippen LogP contribution is 2.30. The van der Waals surface area contributed by atoms with E-state index in [4.69, 9.17) is 4.74 Å². The number of halogens is 1. The third-order valence-corrected chi connectivity index (χ3v) is 7.13. The lowest BCUT2D eigenvalue weighted by Gasteiger charge is -2.32. The van der Waals surface area contributed by atoms with Crippen LogP contribution in [0.4, 0.5) is 0 Å². The minimum atomic E-state index is -3.66. The number of nitrogens with zero attached hydrogens (tertiary/aromatic N) is 2. The van der Waals surface area contributed by atoms with Crippen LogP contribution in [-0.2, 0) is 10.0 Å². The molecule has 152 valence electrons. The number of ether oxygens (including phenoxy) is 1. The second-order valence-electron chi connectivity index (χ2n) is 6.86. The van der Waals surface area contributed by atoms with Gasteiger partial charge in [-0.25, -0.2) is 8.42 Å². The molecule has 0 bridgehead atoms. The molecule has 1 N–H and O–H groups in total. The van der Waals surface area contributed by atoms with Crippen molar-refractivity contribution in [1.29, 1.82) is 0 Å². The molecule has 3 rings (SSSR count). The Kier molecular flexibility index (Phi) is 7.50. The monoisotopic (exact) mass is 417 g/mol. The molecule has 0 aliphatic carbocycles. The molecule has 2 heterocycles. The molecule has 9 heteroatoms. The van der Waals surface area contributed by atoms with E-state index in [0.29, 0.717) is 31.7 Å². The predicted molar refractivity (Wildman–Crippen MR) is 106 cm³/mol. The summed E-state index contributed by atoms with van der Waals surface area (Å²) < 4.78 is 32.7. The van der Waals surface area contributed by atoms with Crippen molar-refractivity contribution in [2.24, 2.45) is 0 Å². The fourth-order valence-corrected chi connectivity index (χ4v) is 5.36. The summed E-state index contributed by atoms with van der Waals surface area (Å²) >= 11 is 0. The highest BCUT2D eigenvalue weighted by molar-refractivity contribution is 7.89. The zero-order valence-corrected chi connectivity index (χ0v) is 17.4. The normalized spacial score (nSPS) is 21.0. The number of carbonyl (C=O) groups excluding carboxylic acids is 1. The number of methoxy groups -OCH3 is 1. The fraction of sp³-hybridized carbons (Fsp3) is 0.611. The first kappa shape index (κ1) is 21.9. The second-order valence-corrected chi connectivity index (χ2v) is 8.76. The van der Waals surface area contributed by atoms with Gasteiger partial charge in [0.25, 0.3) is 5.91 Å². The van der Waals surface area contributed by atoms with E-state index in [1.165, 1.54) is 17.5 Å². The maximum atomic E-state index is 13.0. The number of amides is 1. The van der Waals surface area contributed by atoms with Crippen LogP contribution in [0, 0.1) is 0 Å². The molecule has 7 nitrogen and oxygen atoms in total. The van der Waals surface area contributed by atoms with Gasteiger partial charge in [-0.15, -0.1) is 12.4 Å². The van der Waals surface area contributed by atoms with E-state index in [1.807, 2.05) is 7.05 Å². The van der Waals surface area contributed by atoms with Crippen molar-refractivity contribution >= 4 is 28.3 Å². The first-order chi connectivity index (χ1) is 12.5. The Labute approximate surface area is 167 Å². The van der Waals surface area contributed by atoms with Crippen molar-refractivity contribution in [3.63, 3.8) is 0 Å². The van der Waals surface area contributed by atoms with Crippen LogP contribution < -0.4 is 10.1 Å². The lowest BCUT2D eigenvalue weighted by atomic mass is 10.0. The maximum absolute atomic E-state index is 13.0. The van der Waals surface area contributed by atoms with Gasteiger partial charge in [-0.3, -0.25) is 4.79 Å². The molecule has 1 amide bonds. The Morgan fingerprint density at radius 2 is 1.89 bits per heavy atom. The van der Waals surface area contributed by atoms with Gasteiger partial charge in [0.05, 0.1) is 7.11 Å². The van der Waals surface area contributed by atoms with Gasteiger partial charge in [0.2, 0.25) is 10.0 Å². The number of rotatable bonds is 5. The average Bonchev–Trinajstić information content (AvgIpc) is 3.22. The van der Waals surface area contributed by atoms with Crippen LogP contribution in [0.25, 0.3) is 0 Å². The van der Waals surface area contributed by atoms with Crippen LogP contribution in [0.15, 0.2) is 23.1 Å². The third-order valence-electron chi connectivity index (χ3n) is 5.21. The summed E-state index contributed by atoms with van der Waals surface area (Å²) in [7, 11) is -0.316. The van der Waals surface area contributed by atoms with Crippen molar-refractivity contribution in [3.8, 4) is 5.75 Å². The van der Waals surface area contributed by atoms with Crippen LogP contribution in [-0.4, -0.2) is 69.9 Å². The SMILES string of the molecule is CNC1CCCN(C(=O)c2ccc(OC)c(S(=O)(=O)N3CCCC3)c2)C1.Cl. The molecule has 1 aromatic rings. The topological polar surface area (TPSA) is 79.0 Å². The lowest BCUT2D eigenvalue weighted by molar-refractivity contribution is 0.0698. The molecule has 0 spiro atoms. The fourth-order valence-electron chi connectivity index (χ4n) is 3.66. The van der Waals surface area contributed by atoms with E-state index in [0.717, 1.165) is 25.7 Å². The number of piperidine rings is 1. The molecule has 27 heavy (non-hydrogen) atoms. The smallest absolute Gasteiger partial charge is 0.253 e. The van der Waals surface area contributed by atoms with Crippen molar-refractivity contribution in [2.45, 2.75) is 36.6 Å². The molecule has 1 unspecified atom stereocenters. The molecular formula is C18H28ClN3O4S. The zero-order valence-electron chi connectivity index (χ0n) is 15.8. The molecule has 2 fully saturated rings. The molecular weight excluding hydrogens is 390 g/mol. The first-order valence-electron chi connectivity index (χ1n) is 9.12. The number of hydrogen-bond acceptors (Lipinski definition) is 5. The van der Waals surface area contributed by atoms with Crippen LogP contribution >= 0.6 is 12.4 Å². The van der Waals surface area contributed by atoms with Crippen LogP contribution in [0.5, 0.6) is 5.75 Å². The van der Waals surface area contributed by atoms with Crippen molar-refractivity contribution < 1.29 is 17.9 Å². The quantitative estimate of drug-likeness (QED) is 0.789. The summed E-state index contributed by atoms with van der Waals surface area (Å²) in [5.41, 5.74) is 0.389. The van der Waals surface area contributed by atoms with Crippen LogP contribution in [0.2, 0.25) is 0 Å². The Bertz CT molecular complexity index is 766. The summed E-state index contributed by atoms with van der Waals surface area (Å²) in [5.74, 6) is 0.144. The molecule has 0 aromatic heterocycles. The van der Waals surface area contributed by atoms with Crippen LogP contribution in [0.3, 0.4) is 0 Å². The van der Waals surface area contributed by atoms with Gasteiger partial charge >= 0.3 is 0 Å². The standard InChI is InChI=1S/C18H27N3O4S.ClH/c1-19-15-6-5-9-20(13-15)18(22)14-7-8-16(25-2)17(12-14)26(23,24)21-10-3-4-11-21;/h7-8,12,15,19H,3-6,9-11,13H2,1-2H3;1H. The van der Waals surface area contributed by atoms with Gasteiger partial charge in [0.1, 0.15) is 10.6 Å². The summed E-state index contributed by atoms with van der Waals surface area (Å²) in [6.45, 7) is 2.35. The highest BCUT2D eigenvalue weighted by Gasteiger charge is 2.31. The Hall–Kier alpha value is -1.35. The van der Waals surface area contributed by atoms with Gasteiger partial charge in [-0.1, -0.05) is 0 Å². The van der Waals surface area contributed by atoms with E-state index < -0.39 is 10.0 Å². The van der Waals surface area contributed by atoms with Crippen LogP contribution in [0.1, 0.15) is 36.0 Å². The van der Waals surface area contributed by atoms with Gasteiger partial charge in [0.15, 0.2) is 0 Å². The van der Waals surface area contributed by atoms with Gasteiger partial charge in [-0.05, 0) is 50.9 Å². The van der Waals surface area contributed by atoms with E-state index in [9.17, 15) is 13.2 Å². The third kappa shape index (κ3) is 4.56. The first-order valence-corrected chi connectivity index (χ1v) is 10.6. The van der Waals surface area contributed by atoms with Crippen molar-refractivity contribution in [3.05, 3.63) is 23.8 Å². The predicted octanol–water partition coefficient (Wildman–Crippen LogP) is 1.73. The van der Waals surface area contributed by atoms with E-state index >= 15 is 0 Å². The molecule has 1 aromatic carbocycles. The average molecular weight is 418 g/mol. The lowest BCUT2D eigenvalue weighted by Crippen LogP contribution is -2.47. The number of carbonyl (C=O) groups is 1. The number of likely N-dealkylation sites (tertiary alicyclic amines) is 1. The Balaban J connectivity index is 0.00000261. The van der Waals surface area contributed by atoms with Gasteiger partial charge in [0, 0.05) is 37.8 Å². The summed E-state index contributed by atoms with van der Waals surface area (Å²) in [6, 6.07) is 4.97. The van der Waals surface area contributed by atoms with Crippen molar-refractivity contribution in [2.75, 3.05) is 40.3 Å². The minimum absolute atomic E-state index is 0. The van der Waals surface area contributed by atoms with E-state index in [-0.39, 0.29) is 35.0 Å².